The third-order valence-corrected chi connectivity index (χ3v) is 7.70. The van der Waals surface area contributed by atoms with E-state index in [1.807, 2.05) is 31.2 Å². The number of carbonyl (C=O) groups excluding carboxylic acids is 2. The molecule has 0 unspecified atom stereocenters. The fraction of sp³-hybridized carbons (Fsp3) is 0.286. The minimum atomic E-state index is -1.13. The Bertz CT molecular complexity index is 1310. The van der Waals surface area contributed by atoms with Crippen LogP contribution in [0.15, 0.2) is 60.7 Å². The van der Waals surface area contributed by atoms with Crippen molar-refractivity contribution in [2.45, 2.75) is 44.6 Å². The average molecular weight is 580 g/mol. The number of aryl methyl sites for hydroxylation is 1. The van der Waals surface area contributed by atoms with Crippen LogP contribution in [-0.2, 0) is 9.59 Å². The molecule has 1 fully saturated rings. The van der Waals surface area contributed by atoms with Gasteiger partial charge in [0, 0.05) is 22.5 Å². The zero-order valence-electron chi connectivity index (χ0n) is 20.2. The Morgan fingerprint density at radius 2 is 1.59 bits per heavy atom. The first-order chi connectivity index (χ1) is 17.7. The predicted octanol–water partition coefficient (Wildman–Crippen LogP) is 8.36. The molecule has 1 aliphatic carbocycles. The largest absolute Gasteiger partial charge is 0.482 e. The lowest BCUT2D eigenvalue weighted by Crippen LogP contribution is -2.61. The molecule has 0 bridgehead atoms. The number of ether oxygens (including phenoxy) is 1. The Morgan fingerprint density at radius 3 is 2.30 bits per heavy atom. The molecule has 1 saturated carbocycles. The van der Waals surface area contributed by atoms with Crippen LogP contribution in [0.5, 0.6) is 5.75 Å². The number of amides is 2. The van der Waals surface area contributed by atoms with Gasteiger partial charge in [0.1, 0.15) is 11.3 Å². The van der Waals surface area contributed by atoms with Gasteiger partial charge in [-0.2, -0.15) is 0 Å². The number of nitrogens with zero attached hydrogens (tertiary/aromatic N) is 1. The number of hydrogen-bond acceptors (Lipinski definition) is 3. The maximum Gasteiger partial charge on any atom is 0.265 e. The molecule has 2 amide bonds. The molecule has 0 aromatic heterocycles. The van der Waals surface area contributed by atoms with Crippen molar-refractivity contribution in [1.82, 2.24) is 0 Å². The van der Waals surface area contributed by atoms with E-state index in [0.29, 0.717) is 29.2 Å². The summed E-state index contributed by atoms with van der Waals surface area (Å²) in [5.74, 6) is -0.443. The summed E-state index contributed by atoms with van der Waals surface area (Å²) in [4.78, 5) is 29.4. The van der Waals surface area contributed by atoms with Gasteiger partial charge >= 0.3 is 0 Å². The van der Waals surface area contributed by atoms with Crippen molar-refractivity contribution < 1.29 is 14.3 Å². The summed E-state index contributed by atoms with van der Waals surface area (Å²) >= 11 is 24.7. The SMILES string of the molecule is Cc1cccc(NC(=O)C2(N(C(=O)COc3cc(Cl)c(Cl)cc3Cl)c3cccc(Cl)c3)CCCCC2)c1. The number of hydrogen-bond donors (Lipinski definition) is 1. The summed E-state index contributed by atoms with van der Waals surface area (Å²) < 4.78 is 5.79. The van der Waals surface area contributed by atoms with Gasteiger partial charge in [-0.3, -0.25) is 14.5 Å². The van der Waals surface area contributed by atoms with Crippen molar-refractivity contribution in [3.63, 3.8) is 0 Å². The average Bonchev–Trinajstić information content (AvgIpc) is 2.86. The Labute approximate surface area is 236 Å². The van der Waals surface area contributed by atoms with Crippen LogP contribution in [0.4, 0.5) is 11.4 Å². The Kier molecular flexibility index (Phi) is 8.91. The van der Waals surface area contributed by atoms with Crippen molar-refractivity contribution in [3.05, 3.63) is 86.3 Å². The molecule has 9 heteroatoms. The molecule has 1 N–H and O–H groups in total. The molecule has 194 valence electrons. The fourth-order valence-corrected chi connectivity index (χ4v) is 5.50. The second-order valence-electron chi connectivity index (χ2n) is 9.11. The standard InChI is InChI=1S/C28H26Cl4N2O3/c1-18-7-5-9-20(13-18)33-27(36)28(11-3-2-4-12-28)34(21-10-6-8-19(29)14-21)26(35)17-37-25-16-23(31)22(30)15-24(25)32/h5-10,13-16H,2-4,11-12,17H2,1H3,(H,33,36). The van der Waals surface area contributed by atoms with Gasteiger partial charge in [-0.05, 0) is 61.7 Å². The minimum Gasteiger partial charge on any atom is -0.482 e. The van der Waals surface area contributed by atoms with E-state index in [1.165, 1.54) is 17.0 Å². The zero-order chi connectivity index (χ0) is 26.6. The number of rotatable bonds is 7. The second kappa shape index (κ2) is 12.0. The normalized spacial score (nSPS) is 14.6. The van der Waals surface area contributed by atoms with E-state index in [4.69, 9.17) is 51.1 Å². The van der Waals surface area contributed by atoms with Crippen LogP contribution < -0.4 is 15.0 Å². The van der Waals surface area contributed by atoms with Gasteiger partial charge in [-0.1, -0.05) is 83.9 Å². The van der Waals surface area contributed by atoms with E-state index in [9.17, 15) is 9.59 Å². The van der Waals surface area contributed by atoms with Crippen LogP contribution in [0.1, 0.15) is 37.7 Å². The molecule has 3 aromatic carbocycles. The highest BCUT2D eigenvalue weighted by Gasteiger charge is 2.48. The number of anilines is 2. The summed E-state index contributed by atoms with van der Waals surface area (Å²) in [6, 6.07) is 17.4. The Morgan fingerprint density at radius 1 is 0.892 bits per heavy atom. The zero-order valence-corrected chi connectivity index (χ0v) is 23.2. The van der Waals surface area contributed by atoms with Crippen LogP contribution in [-0.4, -0.2) is 24.0 Å². The first kappa shape index (κ1) is 27.6. The maximum atomic E-state index is 14.0. The molecule has 5 nitrogen and oxygen atoms in total. The quantitative estimate of drug-likeness (QED) is 0.286. The Balaban J connectivity index is 1.71. The number of benzene rings is 3. The van der Waals surface area contributed by atoms with E-state index in [1.54, 1.807) is 24.3 Å². The molecule has 0 aliphatic heterocycles. The van der Waals surface area contributed by atoms with E-state index in [0.717, 1.165) is 24.8 Å². The third kappa shape index (κ3) is 6.35. The van der Waals surface area contributed by atoms with Crippen LogP contribution in [0.25, 0.3) is 0 Å². The molecule has 1 aliphatic rings. The van der Waals surface area contributed by atoms with Crippen molar-refractivity contribution in [3.8, 4) is 5.75 Å². The molecule has 3 aromatic rings. The molecule has 0 heterocycles. The lowest BCUT2D eigenvalue weighted by molar-refractivity contribution is -0.129. The molecular weight excluding hydrogens is 554 g/mol. The predicted molar refractivity (Wildman–Crippen MR) is 152 cm³/mol. The molecule has 37 heavy (non-hydrogen) atoms. The highest BCUT2D eigenvalue weighted by Crippen LogP contribution is 2.40. The van der Waals surface area contributed by atoms with E-state index in [-0.39, 0.29) is 33.3 Å². The molecule has 0 atom stereocenters. The Hall–Kier alpha value is -2.44. The van der Waals surface area contributed by atoms with Crippen LogP contribution in [0.3, 0.4) is 0 Å². The topological polar surface area (TPSA) is 58.6 Å². The van der Waals surface area contributed by atoms with Crippen LogP contribution in [0.2, 0.25) is 20.1 Å². The van der Waals surface area contributed by atoms with Crippen LogP contribution in [0, 0.1) is 6.92 Å². The number of nitrogens with one attached hydrogen (secondary N) is 1. The van der Waals surface area contributed by atoms with E-state index in [2.05, 4.69) is 5.32 Å². The van der Waals surface area contributed by atoms with Gasteiger partial charge in [0.05, 0.1) is 15.1 Å². The summed E-state index contributed by atoms with van der Waals surface area (Å²) in [7, 11) is 0. The minimum absolute atomic E-state index is 0.220. The van der Waals surface area contributed by atoms with Crippen molar-refractivity contribution in [2.75, 3.05) is 16.8 Å². The fourth-order valence-electron chi connectivity index (χ4n) is 4.72. The van der Waals surface area contributed by atoms with Crippen molar-refractivity contribution in [2.24, 2.45) is 0 Å². The first-order valence-corrected chi connectivity index (χ1v) is 13.4. The van der Waals surface area contributed by atoms with E-state index >= 15 is 0 Å². The number of carbonyl (C=O) groups is 2. The van der Waals surface area contributed by atoms with Gasteiger partial charge in [0.25, 0.3) is 11.8 Å². The summed E-state index contributed by atoms with van der Waals surface area (Å²) in [6.45, 7) is 1.59. The molecule has 4 rings (SSSR count). The molecule has 0 radical (unpaired) electrons. The molecular formula is C28H26Cl4N2O3. The first-order valence-electron chi connectivity index (χ1n) is 11.9. The van der Waals surface area contributed by atoms with E-state index < -0.39 is 11.4 Å². The molecule has 0 spiro atoms. The summed E-state index contributed by atoms with van der Waals surface area (Å²) in [5, 5.41) is 4.25. The maximum absolute atomic E-state index is 14.0. The third-order valence-electron chi connectivity index (χ3n) is 6.45. The summed E-state index contributed by atoms with van der Waals surface area (Å²) in [6.07, 6.45) is 3.56. The highest BCUT2D eigenvalue weighted by molar-refractivity contribution is 6.43. The van der Waals surface area contributed by atoms with Gasteiger partial charge in [0.15, 0.2) is 6.61 Å². The lowest BCUT2D eigenvalue weighted by atomic mass is 9.78. The van der Waals surface area contributed by atoms with Crippen molar-refractivity contribution in [1.29, 1.82) is 0 Å². The van der Waals surface area contributed by atoms with Crippen molar-refractivity contribution >= 4 is 69.6 Å². The van der Waals surface area contributed by atoms with Gasteiger partial charge in [-0.25, -0.2) is 0 Å². The van der Waals surface area contributed by atoms with Gasteiger partial charge in [-0.15, -0.1) is 0 Å². The summed E-state index contributed by atoms with van der Waals surface area (Å²) in [5.41, 5.74) is 1.08. The van der Waals surface area contributed by atoms with Gasteiger partial charge in [0.2, 0.25) is 0 Å². The lowest BCUT2D eigenvalue weighted by Gasteiger charge is -2.45. The second-order valence-corrected chi connectivity index (χ2v) is 10.8. The monoisotopic (exact) mass is 578 g/mol. The highest BCUT2D eigenvalue weighted by atomic mass is 35.5. The number of halogens is 4. The van der Waals surface area contributed by atoms with Gasteiger partial charge < -0.3 is 10.1 Å². The smallest absolute Gasteiger partial charge is 0.265 e. The van der Waals surface area contributed by atoms with Crippen LogP contribution >= 0.6 is 46.4 Å². The molecule has 0 saturated heterocycles.